The van der Waals surface area contributed by atoms with E-state index >= 15 is 0 Å². The fourth-order valence-corrected chi connectivity index (χ4v) is 3.48. The predicted octanol–water partition coefficient (Wildman–Crippen LogP) is 2.85. The molecule has 0 saturated heterocycles. The van der Waals surface area contributed by atoms with Gasteiger partial charge in [0.1, 0.15) is 12.6 Å². The van der Waals surface area contributed by atoms with Crippen LogP contribution in [-0.4, -0.2) is 40.7 Å². The van der Waals surface area contributed by atoms with Crippen LogP contribution in [-0.2, 0) is 21.3 Å². The molecule has 32 heavy (non-hydrogen) atoms. The molecule has 0 spiro atoms. The average molecular weight is 456 g/mol. The zero-order valence-electron chi connectivity index (χ0n) is 17.6. The van der Waals surface area contributed by atoms with Crippen molar-refractivity contribution in [3.8, 4) is 17.5 Å². The summed E-state index contributed by atoms with van der Waals surface area (Å²) in [6, 6.07) is 14.2. The molecule has 0 radical (unpaired) electrons. The van der Waals surface area contributed by atoms with E-state index in [9.17, 15) is 13.2 Å². The molecular weight excluding hydrogens is 434 g/mol. The van der Waals surface area contributed by atoms with Crippen LogP contribution in [0.3, 0.4) is 0 Å². The van der Waals surface area contributed by atoms with Crippen LogP contribution >= 0.6 is 0 Å². The molecule has 3 rings (SSSR count). The number of sulfonamides is 1. The molecule has 0 aliphatic rings. The maximum Gasteiger partial charge on any atom is 0.413 e. The largest absolute Gasteiger partial charge is 0.441 e. The second kappa shape index (κ2) is 9.44. The maximum atomic E-state index is 12.5. The molecule has 2 aromatic heterocycles. The number of rotatable bonds is 7. The zero-order chi connectivity index (χ0) is 23.3. The molecule has 1 unspecified atom stereocenters. The Bertz CT molecular complexity index is 1270. The lowest BCUT2D eigenvalue weighted by molar-refractivity contribution is 0.121. The summed E-state index contributed by atoms with van der Waals surface area (Å²) in [6.45, 7) is 3.20. The van der Waals surface area contributed by atoms with Crippen molar-refractivity contribution < 1.29 is 17.9 Å². The molecule has 1 aromatic carbocycles. The minimum absolute atomic E-state index is 0.132. The average Bonchev–Trinajstić information content (AvgIpc) is 3.11. The highest BCUT2D eigenvalue weighted by Crippen LogP contribution is 2.27. The van der Waals surface area contributed by atoms with Gasteiger partial charge in [0.05, 0.1) is 29.4 Å². The molecule has 0 saturated carbocycles. The van der Waals surface area contributed by atoms with Gasteiger partial charge in [0, 0.05) is 0 Å². The molecule has 11 nitrogen and oxygen atoms in total. The summed E-state index contributed by atoms with van der Waals surface area (Å²) >= 11 is 0. The summed E-state index contributed by atoms with van der Waals surface area (Å²) in [5, 5.41) is 19.6. The van der Waals surface area contributed by atoms with E-state index in [2.05, 4.69) is 25.3 Å². The molecule has 12 heteroatoms. The van der Waals surface area contributed by atoms with Crippen molar-refractivity contribution in [3.63, 3.8) is 0 Å². The van der Waals surface area contributed by atoms with Crippen LogP contribution in [0.2, 0.25) is 0 Å². The molecule has 0 aliphatic heterocycles. The highest BCUT2D eigenvalue weighted by atomic mass is 32.2. The van der Waals surface area contributed by atoms with Crippen molar-refractivity contribution in [2.75, 3.05) is 16.3 Å². The molecule has 2 heterocycles. The molecule has 2 N–H and O–H groups in total. The third kappa shape index (κ3) is 5.58. The summed E-state index contributed by atoms with van der Waals surface area (Å²) in [4.78, 5) is 16.9. The number of nitrogens with zero attached hydrogens (tertiary/aromatic N) is 5. The fraction of sp³-hybridized carbons (Fsp3) is 0.250. The van der Waals surface area contributed by atoms with E-state index in [0.29, 0.717) is 17.1 Å². The number of anilines is 2. The Balaban J connectivity index is 1.87. The Hall–Kier alpha value is -3.98. The van der Waals surface area contributed by atoms with Crippen LogP contribution in [0.1, 0.15) is 24.3 Å². The summed E-state index contributed by atoms with van der Waals surface area (Å²) in [5.74, 6) is 0.132. The first kappa shape index (κ1) is 22.7. The molecule has 1 amide bonds. The highest BCUT2D eigenvalue weighted by Gasteiger charge is 2.21. The topological polar surface area (TPSA) is 152 Å². The number of aromatic nitrogens is 4. The van der Waals surface area contributed by atoms with Gasteiger partial charge in [-0.1, -0.05) is 35.5 Å². The number of nitriles is 1. The van der Waals surface area contributed by atoms with Gasteiger partial charge in [0.15, 0.2) is 11.5 Å². The Morgan fingerprint density at radius 2 is 1.97 bits per heavy atom. The second-order valence-corrected chi connectivity index (χ2v) is 8.64. The third-order valence-corrected chi connectivity index (χ3v) is 4.94. The van der Waals surface area contributed by atoms with E-state index in [1.54, 1.807) is 13.8 Å². The van der Waals surface area contributed by atoms with Gasteiger partial charge in [-0.2, -0.15) is 5.26 Å². The second-order valence-electron chi connectivity index (χ2n) is 6.89. The number of carbonyl (C=O) groups excluding carboxylic acids is 1. The van der Waals surface area contributed by atoms with Crippen molar-refractivity contribution >= 4 is 27.6 Å². The quantitative estimate of drug-likeness (QED) is 0.552. The van der Waals surface area contributed by atoms with Crippen LogP contribution in [0.25, 0.3) is 11.4 Å². The molecular formula is C20H21N7O4S. The van der Waals surface area contributed by atoms with E-state index in [1.807, 2.05) is 36.4 Å². The van der Waals surface area contributed by atoms with Crippen LogP contribution in [0.5, 0.6) is 0 Å². The smallest absolute Gasteiger partial charge is 0.413 e. The SMILES string of the molecule is Cc1nc(-c2nnn(CC#N)c2NC(=O)OC(C)c2ccccc2)ccc1NS(C)(=O)=O. The minimum Gasteiger partial charge on any atom is -0.441 e. The fourth-order valence-electron chi connectivity index (χ4n) is 2.87. The maximum absolute atomic E-state index is 12.5. The standard InChI is InChI=1S/C20H21N7O4S/c1-13-16(25-32(3,29)30)9-10-17(22-13)18-19(27(12-11-21)26-24-18)23-20(28)31-14(2)15-7-5-4-6-8-15/h4-10,14,25H,12H2,1-3H3,(H,23,28). The highest BCUT2D eigenvalue weighted by molar-refractivity contribution is 7.92. The van der Waals surface area contributed by atoms with E-state index in [0.717, 1.165) is 11.8 Å². The number of hydrogen-bond acceptors (Lipinski definition) is 8. The van der Waals surface area contributed by atoms with Gasteiger partial charge in [-0.05, 0) is 31.5 Å². The molecule has 0 bridgehead atoms. The predicted molar refractivity (Wildman–Crippen MR) is 117 cm³/mol. The minimum atomic E-state index is -3.47. The van der Waals surface area contributed by atoms with Crippen molar-refractivity contribution in [3.05, 3.63) is 53.7 Å². The monoisotopic (exact) mass is 455 g/mol. The molecule has 3 aromatic rings. The summed E-state index contributed by atoms with van der Waals surface area (Å²) in [6.07, 6.45) is -0.226. The van der Waals surface area contributed by atoms with Gasteiger partial charge < -0.3 is 4.74 Å². The first-order valence-corrected chi connectivity index (χ1v) is 11.4. The normalized spacial score (nSPS) is 11.9. The first-order chi connectivity index (χ1) is 15.2. The molecule has 166 valence electrons. The summed E-state index contributed by atoms with van der Waals surface area (Å²) in [7, 11) is -3.47. The number of nitrogens with one attached hydrogen (secondary N) is 2. The van der Waals surface area contributed by atoms with Crippen molar-refractivity contribution in [1.82, 2.24) is 20.0 Å². The van der Waals surface area contributed by atoms with Crippen LogP contribution in [0.15, 0.2) is 42.5 Å². The van der Waals surface area contributed by atoms with Crippen LogP contribution in [0, 0.1) is 18.3 Å². The number of amides is 1. The van der Waals surface area contributed by atoms with Gasteiger partial charge in [0.25, 0.3) is 0 Å². The van der Waals surface area contributed by atoms with Crippen molar-refractivity contribution in [2.24, 2.45) is 0 Å². The van der Waals surface area contributed by atoms with Crippen LogP contribution in [0.4, 0.5) is 16.3 Å². The van der Waals surface area contributed by atoms with Gasteiger partial charge in [-0.3, -0.25) is 10.0 Å². The van der Waals surface area contributed by atoms with E-state index in [-0.39, 0.29) is 18.1 Å². The Morgan fingerprint density at radius 1 is 1.25 bits per heavy atom. The van der Waals surface area contributed by atoms with E-state index in [4.69, 9.17) is 10.00 Å². The van der Waals surface area contributed by atoms with E-state index in [1.165, 1.54) is 16.8 Å². The number of aryl methyl sites for hydroxylation is 1. The number of pyridine rings is 1. The Morgan fingerprint density at radius 3 is 2.59 bits per heavy atom. The summed E-state index contributed by atoms with van der Waals surface area (Å²) in [5.41, 5.74) is 2.06. The lowest BCUT2D eigenvalue weighted by Crippen LogP contribution is -2.19. The lowest BCUT2D eigenvalue weighted by atomic mass is 10.1. The lowest BCUT2D eigenvalue weighted by Gasteiger charge is -2.15. The number of hydrogen-bond donors (Lipinski definition) is 2. The molecule has 1 atom stereocenters. The van der Waals surface area contributed by atoms with Gasteiger partial charge >= 0.3 is 6.09 Å². The number of ether oxygens (including phenoxy) is 1. The van der Waals surface area contributed by atoms with Gasteiger partial charge in [-0.15, -0.1) is 5.10 Å². The molecule has 0 fully saturated rings. The Kier molecular flexibility index (Phi) is 6.70. The summed E-state index contributed by atoms with van der Waals surface area (Å²) < 4.78 is 32.0. The number of benzene rings is 1. The van der Waals surface area contributed by atoms with Crippen molar-refractivity contribution in [1.29, 1.82) is 5.26 Å². The van der Waals surface area contributed by atoms with Gasteiger partial charge in [0.2, 0.25) is 10.0 Å². The first-order valence-electron chi connectivity index (χ1n) is 9.46. The Labute approximate surface area is 185 Å². The molecule has 0 aliphatic carbocycles. The van der Waals surface area contributed by atoms with Crippen molar-refractivity contribution in [2.45, 2.75) is 26.5 Å². The number of carbonyl (C=O) groups is 1. The third-order valence-electron chi connectivity index (χ3n) is 4.35. The van der Waals surface area contributed by atoms with Gasteiger partial charge in [-0.25, -0.2) is 22.9 Å². The van der Waals surface area contributed by atoms with Crippen LogP contribution < -0.4 is 10.0 Å². The zero-order valence-corrected chi connectivity index (χ0v) is 18.4. The van der Waals surface area contributed by atoms with E-state index < -0.39 is 22.2 Å².